The summed E-state index contributed by atoms with van der Waals surface area (Å²) in [5.74, 6) is 0.833. The number of hydrogen-bond donors (Lipinski definition) is 1. The smallest absolute Gasteiger partial charge is 0.224 e. The number of thioether (sulfide) groups is 1. The van der Waals surface area contributed by atoms with E-state index in [1.807, 2.05) is 24.3 Å². The van der Waals surface area contributed by atoms with Crippen LogP contribution in [-0.4, -0.2) is 11.7 Å². The van der Waals surface area contributed by atoms with E-state index in [1.165, 1.54) is 0 Å². The number of carbonyl (C=O) groups is 1. The molecule has 3 nitrogen and oxygen atoms in total. The number of nitriles is 1. The molecule has 0 saturated carbocycles. The van der Waals surface area contributed by atoms with Gasteiger partial charge in [-0.15, -0.1) is 11.8 Å². The van der Waals surface area contributed by atoms with Gasteiger partial charge < -0.3 is 5.32 Å². The molecule has 1 amide bonds. The number of amides is 1. The summed E-state index contributed by atoms with van der Waals surface area (Å²) in [5, 5.41) is 12.4. The number of rotatable bonds is 6. The molecule has 1 N–H and O–H groups in total. The largest absolute Gasteiger partial charge is 0.326 e. The molecule has 0 saturated heterocycles. The van der Waals surface area contributed by atoms with E-state index in [-0.39, 0.29) is 5.91 Å². The van der Waals surface area contributed by atoms with Gasteiger partial charge in [0.05, 0.1) is 11.6 Å². The molecule has 0 fully saturated rings. The Morgan fingerprint density at radius 2 is 2.00 bits per heavy atom. The molecule has 2 rings (SSSR count). The minimum atomic E-state index is -0.0354. The van der Waals surface area contributed by atoms with Crippen LogP contribution in [0.2, 0.25) is 5.02 Å². The summed E-state index contributed by atoms with van der Waals surface area (Å²) in [4.78, 5) is 13.0. The van der Waals surface area contributed by atoms with Crippen LogP contribution in [0.15, 0.2) is 53.4 Å². The van der Waals surface area contributed by atoms with Crippen molar-refractivity contribution in [2.24, 2.45) is 0 Å². The zero-order valence-electron chi connectivity index (χ0n) is 11.9. The van der Waals surface area contributed by atoms with Crippen molar-refractivity contribution in [1.29, 1.82) is 5.26 Å². The predicted molar refractivity (Wildman–Crippen MR) is 91.2 cm³/mol. The Hall–Kier alpha value is -1.96. The van der Waals surface area contributed by atoms with Crippen LogP contribution in [0.4, 0.5) is 5.69 Å². The average molecular weight is 331 g/mol. The van der Waals surface area contributed by atoms with E-state index < -0.39 is 0 Å². The van der Waals surface area contributed by atoms with Crippen molar-refractivity contribution in [2.75, 3.05) is 11.1 Å². The maximum Gasteiger partial charge on any atom is 0.224 e. The van der Waals surface area contributed by atoms with Gasteiger partial charge in [-0.1, -0.05) is 17.7 Å². The zero-order chi connectivity index (χ0) is 15.8. The Balaban J connectivity index is 1.71. The topological polar surface area (TPSA) is 52.9 Å². The minimum Gasteiger partial charge on any atom is -0.326 e. The van der Waals surface area contributed by atoms with Crippen LogP contribution in [0.3, 0.4) is 0 Å². The maximum atomic E-state index is 11.8. The van der Waals surface area contributed by atoms with Gasteiger partial charge in [-0.3, -0.25) is 4.79 Å². The highest BCUT2D eigenvalue weighted by Crippen LogP contribution is 2.21. The quantitative estimate of drug-likeness (QED) is 0.615. The summed E-state index contributed by atoms with van der Waals surface area (Å²) in [6.45, 7) is 0. The molecule has 22 heavy (non-hydrogen) atoms. The fourth-order valence-corrected chi connectivity index (χ4v) is 2.82. The number of carbonyl (C=O) groups excluding carboxylic acids is 1. The number of anilines is 1. The number of nitrogens with one attached hydrogen (secondary N) is 1. The first kappa shape index (κ1) is 16.4. The molecule has 0 radical (unpaired) electrons. The van der Waals surface area contributed by atoms with E-state index in [0.717, 1.165) is 22.1 Å². The molecular formula is C17H15ClN2OS. The maximum absolute atomic E-state index is 11.8. The standard InChI is InChI=1S/C17H15ClN2OS/c18-14-6-8-16(9-7-14)22-10-2-5-17(21)20-15-4-1-3-13(11-15)12-19/h1,3-4,6-9,11H,2,5,10H2,(H,20,21). The molecule has 2 aromatic rings. The summed E-state index contributed by atoms with van der Waals surface area (Å²) in [6, 6.07) is 16.6. The van der Waals surface area contributed by atoms with Crippen LogP contribution in [0.25, 0.3) is 0 Å². The molecule has 0 atom stereocenters. The molecular weight excluding hydrogens is 316 g/mol. The monoisotopic (exact) mass is 330 g/mol. The third kappa shape index (κ3) is 5.44. The van der Waals surface area contributed by atoms with E-state index in [4.69, 9.17) is 16.9 Å². The number of hydrogen-bond acceptors (Lipinski definition) is 3. The molecule has 0 aliphatic carbocycles. The van der Waals surface area contributed by atoms with Crippen molar-refractivity contribution < 1.29 is 4.79 Å². The molecule has 0 spiro atoms. The lowest BCUT2D eigenvalue weighted by Gasteiger charge is -2.05. The summed E-state index contributed by atoms with van der Waals surface area (Å²) in [5.41, 5.74) is 1.20. The summed E-state index contributed by atoms with van der Waals surface area (Å²) in [7, 11) is 0. The van der Waals surface area contributed by atoms with E-state index >= 15 is 0 Å². The molecule has 0 aliphatic rings. The van der Waals surface area contributed by atoms with Crippen molar-refractivity contribution in [3.05, 3.63) is 59.1 Å². The predicted octanol–water partition coefficient (Wildman–Crippen LogP) is 4.72. The van der Waals surface area contributed by atoms with Crippen LogP contribution >= 0.6 is 23.4 Å². The first-order valence-corrected chi connectivity index (χ1v) is 8.22. The highest BCUT2D eigenvalue weighted by Gasteiger charge is 2.03. The van der Waals surface area contributed by atoms with Gasteiger partial charge in [0.1, 0.15) is 0 Å². The van der Waals surface area contributed by atoms with Crippen LogP contribution in [0.1, 0.15) is 18.4 Å². The molecule has 0 aromatic heterocycles. The van der Waals surface area contributed by atoms with Crippen molar-refractivity contribution in [3.8, 4) is 6.07 Å². The Morgan fingerprint density at radius 1 is 1.23 bits per heavy atom. The Labute approximate surface area is 139 Å². The number of benzene rings is 2. The van der Waals surface area contributed by atoms with Crippen LogP contribution in [-0.2, 0) is 4.79 Å². The second kappa shape index (κ2) is 8.47. The highest BCUT2D eigenvalue weighted by atomic mass is 35.5. The lowest BCUT2D eigenvalue weighted by atomic mass is 10.2. The second-order valence-electron chi connectivity index (χ2n) is 4.65. The molecule has 0 heterocycles. The number of nitrogens with zero attached hydrogens (tertiary/aromatic N) is 1. The SMILES string of the molecule is N#Cc1cccc(NC(=O)CCCSc2ccc(Cl)cc2)c1. The molecule has 0 aliphatic heterocycles. The normalized spacial score (nSPS) is 10.0. The van der Waals surface area contributed by atoms with Gasteiger partial charge in [-0.25, -0.2) is 0 Å². The third-order valence-electron chi connectivity index (χ3n) is 2.91. The van der Waals surface area contributed by atoms with Gasteiger partial charge in [0, 0.05) is 22.0 Å². The minimum absolute atomic E-state index is 0.0354. The summed E-state index contributed by atoms with van der Waals surface area (Å²) >= 11 is 7.53. The van der Waals surface area contributed by atoms with E-state index in [2.05, 4.69) is 11.4 Å². The second-order valence-corrected chi connectivity index (χ2v) is 6.25. The summed E-state index contributed by atoms with van der Waals surface area (Å²) < 4.78 is 0. The van der Waals surface area contributed by atoms with Crippen molar-refractivity contribution in [2.45, 2.75) is 17.7 Å². The van der Waals surface area contributed by atoms with Gasteiger partial charge in [0.25, 0.3) is 0 Å². The van der Waals surface area contributed by atoms with Crippen LogP contribution < -0.4 is 5.32 Å². The van der Waals surface area contributed by atoms with Crippen LogP contribution in [0, 0.1) is 11.3 Å². The fourth-order valence-electron chi connectivity index (χ4n) is 1.84. The van der Waals surface area contributed by atoms with Crippen molar-refractivity contribution in [1.82, 2.24) is 0 Å². The molecule has 0 bridgehead atoms. The van der Waals surface area contributed by atoms with Crippen LogP contribution in [0.5, 0.6) is 0 Å². The fraction of sp³-hybridized carbons (Fsp3) is 0.176. The molecule has 112 valence electrons. The van der Waals surface area contributed by atoms with E-state index in [9.17, 15) is 4.79 Å². The zero-order valence-corrected chi connectivity index (χ0v) is 13.5. The highest BCUT2D eigenvalue weighted by molar-refractivity contribution is 7.99. The van der Waals surface area contributed by atoms with Gasteiger partial charge >= 0.3 is 0 Å². The van der Waals surface area contributed by atoms with Gasteiger partial charge in [0.15, 0.2) is 0 Å². The van der Waals surface area contributed by atoms with Gasteiger partial charge in [-0.2, -0.15) is 5.26 Å². The Kier molecular flexibility index (Phi) is 6.32. The first-order valence-electron chi connectivity index (χ1n) is 6.86. The van der Waals surface area contributed by atoms with Gasteiger partial charge in [-0.05, 0) is 54.6 Å². The van der Waals surface area contributed by atoms with Crippen molar-refractivity contribution in [3.63, 3.8) is 0 Å². The Bertz CT molecular complexity index is 680. The molecule has 5 heteroatoms. The Morgan fingerprint density at radius 3 is 2.73 bits per heavy atom. The first-order chi connectivity index (χ1) is 10.7. The number of halogens is 1. The van der Waals surface area contributed by atoms with E-state index in [1.54, 1.807) is 36.0 Å². The molecule has 0 unspecified atom stereocenters. The van der Waals surface area contributed by atoms with Crippen molar-refractivity contribution >= 4 is 35.0 Å². The third-order valence-corrected chi connectivity index (χ3v) is 4.26. The van der Waals surface area contributed by atoms with Gasteiger partial charge in [0.2, 0.25) is 5.91 Å². The molecule has 2 aromatic carbocycles. The summed E-state index contributed by atoms with van der Waals surface area (Å²) in [6.07, 6.45) is 1.24. The average Bonchev–Trinajstić information content (AvgIpc) is 2.53. The van der Waals surface area contributed by atoms with E-state index in [0.29, 0.717) is 17.7 Å². The lowest BCUT2D eigenvalue weighted by molar-refractivity contribution is -0.116. The lowest BCUT2D eigenvalue weighted by Crippen LogP contribution is -2.11.